The summed E-state index contributed by atoms with van der Waals surface area (Å²) in [6, 6.07) is 10.0. The van der Waals surface area contributed by atoms with Crippen LogP contribution in [0.2, 0.25) is 0 Å². The van der Waals surface area contributed by atoms with Gasteiger partial charge in [-0.2, -0.15) is 18.4 Å². The van der Waals surface area contributed by atoms with E-state index in [0.29, 0.717) is 0 Å². The summed E-state index contributed by atoms with van der Waals surface area (Å²) in [7, 11) is 2.78. The van der Waals surface area contributed by atoms with Crippen molar-refractivity contribution < 1.29 is 41.8 Å². The molecule has 2 rings (SSSR count). The van der Waals surface area contributed by atoms with E-state index in [9.17, 15) is 27.6 Å². The summed E-state index contributed by atoms with van der Waals surface area (Å²) in [6.07, 6.45) is -4.40. The molecule has 0 fully saturated rings. The molecular formula is C23H22F3N3O6. The summed E-state index contributed by atoms with van der Waals surface area (Å²) >= 11 is 0. The van der Waals surface area contributed by atoms with Crippen LogP contribution in [0.1, 0.15) is 22.3 Å². The number of ether oxygens (including phenoxy) is 3. The van der Waals surface area contributed by atoms with Crippen LogP contribution in [0.25, 0.3) is 0 Å². The fourth-order valence-corrected chi connectivity index (χ4v) is 2.69. The van der Waals surface area contributed by atoms with Gasteiger partial charge in [-0.15, -0.1) is 0 Å². The van der Waals surface area contributed by atoms with Crippen molar-refractivity contribution in [3.8, 4) is 17.6 Å². The molecule has 186 valence electrons. The van der Waals surface area contributed by atoms with Crippen molar-refractivity contribution in [3.63, 3.8) is 0 Å². The maximum Gasteiger partial charge on any atom is 0.416 e. The van der Waals surface area contributed by atoms with Gasteiger partial charge >= 0.3 is 12.1 Å². The molecule has 0 aliphatic rings. The van der Waals surface area contributed by atoms with Crippen LogP contribution >= 0.6 is 0 Å². The number of rotatable bonds is 10. The predicted molar refractivity (Wildman–Crippen MR) is 117 cm³/mol. The van der Waals surface area contributed by atoms with Gasteiger partial charge in [-0.3, -0.25) is 9.59 Å². The number of alkyl halides is 3. The van der Waals surface area contributed by atoms with Crippen molar-refractivity contribution in [2.75, 3.05) is 39.2 Å². The van der Waals surface area contributed by atoms with E-state index in [4.69, 9.17) is 19.5 Å². The zero-order valence-corrected chi connectivity index (χ0v) is 18.8. The number of halogens is 3. The molecule has 9 nitrogen and oxygen atoms in total. The smallest absolute Gasteiger partial charge is 0.416 e. The maximum absolute atomic E-state index is 12.8. The molecule has 0 aromatic heterocycles. The van der Waals surface area contributed by atoms with Gasteiger partial charge in [-0.1, -0.05) is 6.07 Å². The van der Waals surface area contributed by atoms with Gasteiger partial charge in [-0.25, -0.2) is 4.79 Å². The molecule has 2 aromatic carbocycles. The summed E-state index contributed by atoms with van der Waals surface area (Å²) in [5.74, 6) is -1.82. The van der Waals surface area contributed by atoms with Gasteiger partial charge in [-0.05, 0) is 36.4 Å². The Morgan fingerprint density at radius 1 is 1.09 bits per heavy atom. The Kier molecular flexibility index (Phi) is 9.45. The van der Waals surface area contributed by atoms with Crippen molar-refractivity contribution in [2.45, 2.75) is 12.6 Å². The van der Waals surface area contributed by atoms with Crippen LogP contribution in [0.15, 0.2) is 42.5 Å². The number of methoxy groups -OCH3 is 1. The van der Waals surface area contributed by atoms with Gasteiger partial charge in [0.05, 0.1) is 30.7 Å². The number of hydrogen-bond acceptors (Lipinski definition) is 7. The molecule has 0 aliphatic carbocycles. The first-order valence-corrected chi connectivity index (χ1v) is 10.1. The molecule has 0 radical (unpaired) electrons. The van der Waals surface area contributed by atoms with Crippen LogP contribution in [0.5, 0.6) is 11.5 Å². The molecule has 0 heterocycles. The van der Waals surface area contributed by atoms with Gasteiger partial charge in [0.25, 0.3) is 11.8 Å². The van der Waals surface area contributed by atoms with E-state index >= 15 is 0 Å². The molecule has 1 N–H and O–H groups in total. The number of amides is 2. The maximum atomic E-state index is 12.8. The lowest BCUT2D eigenvalue weighted by Gasteiger charge is -2.15. The number of nitrogens with one attached hydrogen (secondary N) is 1. The second-order valence-electron chi connectivity index (χ2n) is 7.08. The lowest BCUT2D eigenvalue weighted by molar-refractivity contribution is -0.137. The zero-order chi connectivity index (χ0) is 26.0. The van der Waals surface area contributed by atoms with Gasteiger partial charge in [0.2, 0.25) is 0 Å². The van der Waals surface area contributed by atoms with E-state index in [1.165, 1.54) is 43.3 Å². The molecule has 35 heavy (non-hydrogen) atoms. The number of likely N-dealkylation sites (N-methyl/N-ethyl adjacent to an activating group) is 1. The molecule has 2 aromatic rings. The normalized spacial score (nSPS) is 10.6. The van der Waals surface area contributed by atoms with E-state index in [-0.39, 0.29) is 35.7 Å². The average molecular weight is 493 g/mol. The van der Waals surface area contributed by atoms with Gasteiger partial charge in [0.15, 0.2) is 24.7 Å². The fraction of sp³-hybridized carbons (Fsp3) is 0.304. The lowest BCUT2D eigenvalue weighted by atomic mass is 10.2. The number of nitrogens with zero attached hydrogens (tertiary/aromatic N) is 2. The van der Waals surface area contributed by atoms with E-state index in [0.717, 1.165) is 18.2 Å². The van der Waals surface area contributed by atoms with E-state index < -0.39 is 42.7 Å². The van der Waals surface area contributed by atoms with Crippen LogP contribution in [0.3, 0.4) is 0 Å². The zero-order valence-electron chi connectivity index (χ0n) is 18.8. The lowest BCUT2D eigenvalue weighted by Crippen LogP contribution is -2.31. The number of hydrogen-bond donors (Lipinski definition) is 1. The van der Waals surface area contributed by atoms with Crippen LogP contribution in [0, 0.1) is 11.3 Å². The highest BCUT2D eigenvalue weighted by Gasteiger charge is 2.30. The average Bonchev–Trinajstić information content (AvgIpc) is 2.83. The van der Waals surface area contributed by atoms with Gasteiger partial charge in [0, 0.05) is 19.3 Å². The third kappa shape index (κ3) is 8.22. The third-order valence-electron chi connectivity index (χ3n) is 4.54. The first-order valence-electron chi connectivity index (χ1n) is 10.1. The quantitative estimate of drug-likeness (QED) is 0.505. The van der Waals surface area contributed by atoms with Crippen LogP contribution in [-0.2, 0) is 20.5 Å². The summed E-state index contributed by atoms with van der Waals surface area (Å²) in [4.78, 5) is 37.5. The summed E-state index contributed by atoms with van der Waals surface area (Å²) in [5.41, 5.74) is -0.905. The number of nitriles is 1. The van der Waals surface area contributed by atoms with Crippen molar-refractivity contribution in [1.82, 2.24) is 4.90 Å². The number of carbonyl (C=O) groups is 3. The molecule has 12 heteroatoms. The SMILES string of the molecule is COc1cc(C(=O)OCC(=O)N(C)CCC#N)ccc1OCC(=O)Nc1cccc(C(F)(F)F)c1. The Labute approximate surface area is 199 Å². The highest BCUT2D eigenvalue weighted by atomic mass is 19.4. The fourth-order valence-electron chi connectivity index (χ4n) is 2.69. The van der Waals surface area contributed by atoms with E-state index in [2.05, 4.69) is 5.32 Å². The van der Waals surface area contributed by atoms with Crippen molar-refractivity contribution >= 4 is 23.5 Å². The second kappa shape index (κ2) is 12.3. The molecule has 0 unspecified atom stereocenters. The Balaban J connectivity index is 1.95. The number of esters is 1. The Bertz CT molecular complexity index is 1110. The topological polar surface area (TPSA) is 118 Å². The molecule has 0 aliphatic heterocycles. The Morgan fingerprint density at radius 2 is 1.83 bits per heavy atom. The Hall–Kier alpha value is -4.27. The minimum absolute atomic E-state index is 0.0497. The summed E-state index contributed by atoms with van der Waals surface area (Å²) < 4.78 is 53.9. The van der Waals surface area contributed by atoms with Gasteiger partial charge < -0.3 is 24.4 Å². The third-order valence-corrected chi connectivity index (χ3v) is 4.54. The van der Waals surface area contributed by atoms with Crippen molar-refractivity contribution in [3.05, 3.63) is 53.6 Å². The minimum atomic E-state index is -4.55. The molecule has 2 amide bonds. The number of carbonyl (C=O) groups excluding carboxylic acids is 3. The highest BCUT2D eigenvalue weighted by molar-refractivity contribution is 5.93. The second-order valence-corrected chi connectivity index (χ2v) is 7.08. The standard InChI is InChI=1S/C23H22F3N3O6/c1-29(10-4-9-27)21(31)14-35-22(32)15-7-8-18(19(11-15)33-2)34-13-20(30)28-17-6-3-5-16(12-17)23(24,25)26/h3,5-8,11-12H,4,10,13-14H2,1-2H3,(H,28,30). The molecule has 0 spiro atoms. The minimum Gasteiger partial charge on any atom is -0.493 e. The molecule has 0 bridgehead atoms. The van der Waals surface area contributed by atoms with Gasteiger partial charge in [0.1, 0.15) is 0 Å². The first-order chi connectivity index (χ1) is 16.5. The molecular weight excluding hydrogens is 471 g/mol. The Morgan fingerprint density at radius 3 is 2.49 bits per heavy atom. The first kappa shape index (κ1) is 27.0. The van der Waals surface area contributed by atoms with E-state index in [1.807, 2.05) is 6.07 Å². The monoisotopic (exact) mass is 493 g/mol. The predicted octanol–water partition coefficient (Wildman–Crippen LogP) is 3.26. The summed E-state index contributed by atoms with van der Waals surface area (Å²) in [5, 5.41) is 10.9. The van der Waals surface area contributed by atoms with E-state index in [1.54, 1.807) is 0 Å². The summed E-state index contributed by atoms with van der Waals surface area (Å²) in [6.45, 7) is -0.856. The van der Waals surface area contributed by atoms with Crippen LogP contribution < -0.4 is 14.8 Å². The largest absolute Gasteiger partial charge is 0.493 e. The molecule has 0 atom stereocenters. The molecule has 0 saturated carbocycles. The van der Waals surface area contributed by atoms with Crippen LogP contribution in [-0.4, -0.2) is 56.6 Å². The highest BCUT2D eigenvalue weighted by Crippen LogP contribution is 2.31. The van der Waals surface area contributed by atoms with Crippen molar-refractivity contribution in [1.29, 1.82) is 5.26 Å². The number of anilines is 1. The number of benzene rings is 2. The molecule has 0 saturated heterocycles. The van der Waals surface area contributed by atoms with Crippen LogP contribution in [0.4, 0.5) is 18.9 Å². The van der Waals surface area contributed by atoms with Crippen molar-refractivity contribution in [2.24, 2.45) is 0 Å².